The number of aromatic nitrogens is 6. The van der Waals surface area contributed by atoms with E-state index < -0.39 is 0 Å². The fourth-order valence-corrected chi connectivity index (χ4v) is 11.0. The Bertz CT molecular complexity index is 3580. The molecule has 9 heterocycles. The van der Waals surface area contributed by atoms with Gasteiger partial charge in [-0.15, -0.1) is 0 Å². The van der Waals surface area contributed by atoms with E-state index in [-0.39, 0.29) is 11.7 Å². The smallest absolute Gasteiger partial charge is 0.253 e. The first-order valence-electron chi connectivity index (χ1n) is 31.5. The van der Waals surface area contributed by atoms with Crippen LogP contribution in [0, 0.1) is 41.5 Å². The third-order valence-electron chi connectivity index (χ3n) is 16.2. The molecule has 0 spiro atoms. The van der Waals surface area contributed by atoms with Gasteiger partial charge in [-0.2, -0.15) is 0 Å². The summed E-state index contributed by atoms with van der Waals surface area (Å²) >= 11 is 0. The number of nitrogens with zero attached hydrogens (tertiary/aromatic N) is 2. The lowest BCUT2D eigenvalue weighted by molar-refractivity contribution is -0.119. The Morgan fingerprint density at radius 1 is 0.580 bits per heavy atom. The monoisotopic (exact) mass is 1190 g/mol. The first-order chi connectivity index (χ1) is 42.6. The topological polar surface area (TPSA) is 222 Å². The number of hydrogen-bond donors (Lipinski definition) is 8. The van der Waals surface area contributed by atoms with Crippen LogP contribution in [-0.4, -0.2) is 86.2 Å². The van der Waals surface area contributed by atoms with E-state index in [0.29, 0.717) is 42.2 Å². The molecule has 3 aliphatic heterocycles. The zero-order valence-electron chi connectivity index (χ0n) is 53.9. The first-order valence-corrected chi connectivity index (χ1v) is 31.5. The summed E-state index contributed by atoms with van der Waals surface area (Å²) in [6.45, 7) is 24.3. The van der Waals surface area contributed by atoms with E-state index in [2.05, 4.69) is 92.8 Å². The molecule has 0 bridgehead atoms. The highest BCUT2D eigenvalue weighted by atomic mass is 16.5. The molecule has 0 saturated carbocycles. The van der Waals surface area contributed by atoms with Crippen molar-refractivity contribution in [2.45, 2.75) is 165 Å². The highest BCUT2D eigenvalue weighted by Gasteiger charge is 2.24. The Balaban J connectivity index is 0.000000189. The Hall–Kier alpha value is -8.79. The predicted octanol–water partition coefficient (Wildman–Crippen LogP) is 15.6. The standard InChI is InChI=1S/C28H39N3O2.C23H29N3O2.C21H26N4O2/c1-6-7-8-9-10-11-17-33-20(2)14-15-23-21(3)25(30-22(23)4)18-27-28(32-5)19-26(31-27)24-13-12-16-29-24;1-4-5-6-8-17(27)10-11-18-15(2)20(25-16(18)3)13-22-23(28)14-21(26-22)19-9-7-12-24-19;1-5-6-9-23-21(26)20-13(2)16(24-14(20)3)11-18-19(27-4)12-17(25-18)15-8-7-10-22-15/h12-13,16,18-19,29-30H,2,6-11,14-15,17H2,1,3-5H3;7,9,12-14,24-26H,4-6,8,10-11H2,1-3H3;7-8,10-12,22,24H,5-6,9H2,1-4H3,(H,23,26)/b27-18-;;18-11-. The SMILES string of the molecule is C=C(CCc1c(C)[nH]c(/C=C2\N=C(c3ccc[nH]3)C=C2OC)c1C)OCCCCCCCC.CCCCCC(=O)CCc1c(C)[nH]c(C=C2NC(c3ccc[nH]3)=CC2=O)c1C.CCCCNC(=O)c1c(C)[nH]c(/C=C2\N=C(c3ccc[nH]3)C=C2OC)c1C. The lowest BCUT2D eigenvalue weighted by Gasteiger charge is -2.10. The van der Waals surface area contributed by atoms with Crippen LogP contribution in [0.1, 0.15) is 200 Å². The zero-order chi connectivity index (χ0) is 63.1. The molecule has 16 nitrogen and oxygen atoms in total. The van der Waals surface area contributed by atoms with E-state index in [0.717, 1.165) is 161 Å². The van der Waals surface area contributed by atoms with Gasteiger partial charge in [-0.25, -0.2) is 9.98 Å². The maximum atomic E-state index is 12.5. The number of H-pyrrole nitrogens is 6. The minimum atomic E-state index is -0.0381. The van der Waals surface area contributed by atoms with Gasteiger partial charge in [-0.1, -0.05) is 78.7 Å². The van der Waals surface area contributed by atoms with E-state index in [4.69, 9.17) is 19.2 Å². The van der Waals surface area contributed by atoms with Crippen molar-refractivity contribution in [1.82, 2.24) is 40.5 Å². The fraction of sp³-hybridized carbons (Fsp3) is 0.403. The van der Waals surface area contributed by atoms with Crippen LogP contribution >= 0.6 is 0 Å². The van der Waals surface area contributed by atoms with Crippen molar-refractivity contribution in [2.24, 2.45) is 9.98 Å². The summed E-state index contributed by atoms with van der Waals surface area (Å²) in [6, 6.07) is 11.7. The van der Waals surface area contributed by atoms with Crippen molar-refractivity contribution in [2.75, 3.05) is 27.4 Å². The second-order valence-electron chi connectivity index (χ2n) is 22.8. The van der Waals surface area contributed by atoms with Gasteiger partial charge in [-0.3, -0.25) is 14.4 Å². The van der Waals surface area contributed by atoms with Crippen LogP contribution in [0.25, 0.3) is 23.9 Å². The Kier molecular flexibility index (Phi) is 25.3. The first kappa shape index (κ1) is 66.7. The summed E-state index contributed by atoms with van der Waals surface area (Å²) in [5.74, 6) is 2.60. The highest BCUT2D eigenvalue weighted by molar-refractivity contribution is 6.15. The third kappa shape index (κ3) is 18.1. The molecule has 0 saturated heterocycles. The second kappa shape index (κ2) is 33.4. The number of carbonyl (C=O) groups excluding carboxylic acids is 3. The van der Waals surface area contributed by atoms with Gasteiger partial charge in [-0.05, 0) is 156 Å². The third-order valence-corrected chi connectivity index (χ3v) is 16.2. The molecule has 0 atom stereocenters. The molecular weight excluding hydrogens is 1100 g/mol. The predicted molar refractivity (Wildman–Crippen MR) is 358 cm³/mol. The van der Waals surface area contributed by atoms with Crippen molar-refractivity contribution in [3.8, 4) is 0 Å². The minimum absolute atomic E-state index is 0.0381. The van der Waals surface area contributed by atoms with Gasteiger partial charge in [0.25, 0.3) is 5.91 Å². The maximum absolute atomic E-state index is 12.5. The summed E-state index contributed by atoms with van der Waals surface area (Å²) < 4.78 is 16.9. The summed E-state index contributed by atoms with van der Waals surface area (Å²) in [6.07, 6.45) is 33.6. The van der Waals surface area contributed by atoms with E-state index in [1.807, 2.05) is 107 Å². The molecule has 0 radical (unpaired) electrons. The van der Waals surface area contributed by atoms with E-state index in [1.54, 1.807) is 20.3 Å². The summed E-state index contributed by atoms with van der Waals surface area (Å²) in [5.41, 5.74) is 19.8. The van der Waals surface area contributed by atoms with Gasteiger partial charge < -0.3 is 54.7 Å². The molecule has 88 heavy (non-hydrogen) atoms. The average Bonchev–Trinajstić information content (AvgIpc) is 4.08. The molecule has 8 N–H and O–H groups in total. The number of unbranched alkanes of at least 4 members (excludes halogenated alkanes) is 8. The Labute approximate surface area is 520 Å². The molecule has 0 fully saturated rings. The van der Waals surface area contributed by atoms with Gasteiger partial charge in [0, 0.05) is 96.8 Å². The number of hydrogen-bond acceptors (Lipinski definition) is 9. The number of ether oxygens (including phenoxy) is 3. The van der Waals surface area contributed by atoms with Crippen LogP contribution in [0.15, 0.2) is 124 Å². The highest BCUT2D eigenvalue weighted by Crippen LogP contribution is 2.31. The van der Waals surface area contributed by atoms with E-state index in [9.17, 15) is 14.4 Å². The number of allylic oxidation sites excluding steroid dienone is 4. The Morgan fingerprint density at radius 3 is 1.62 bits per heavy atom. The molecule has 9 rings (SSSR count). The van der Waals surface area contributed by atoms with Crippen molar-refractivity contribution in [1.29, 1.82) is 0 Å². The quantitative estimate of drug-likeness (QED) is 0.0124. The molecule has 1 amide bonds. The number of aromatic amines is 6. The number of methoxy groups -OCH3 is 2. The van der Waals surface area contributed by atoms with Crippen LogP contribution in [0.5, 0.6) is 0 Å². The second-order valence-corrected chi connectivity index (χ2v) is 22.8. The van der Waals surface area contributed by atoms with Gasteiger partial charge in [0.05, 0.1) is 72.0 Å². The average molecular weight is 1200 g/mol. The maximum Gasteiger partial charge on any atom is 0.253 e. The summed E-state index contributed by atoms with van der Waals surface area (Å²) in [5, 5.41) is 6.18. The van der Waals surface area contributed by atoms with Crippen molar-refractivity contribution < 1.29 is 28.6 Å². The largest absolute Gasteiger partial charge is 0.499 e. The van der Waals surface area contributed by atoms with Crippen LogP contribution in [-0.2, 0) is 36.6 Å². The van der Waals surface area contributed by atoms with E-state index >= 15 is 0 Å². The van der Waals surface area contributed by atoms with Crippen LogP contribution in [0.4, 0.5) is 0 Å². The molecule has 6 aromatic rings. The number of carbonyl (C=O) groups is 3. The number of ketones is 2. The molecule has 3 aliphatic rings. The lowest BCUT2D eigenvalue weighted by atomic mass is 10.0. The molecule has 0 aromatic carbocycles. The number of amides is 1. The van der Waals surface area contributed by atoms with Crippen LogP contribution in [0.2, 0.25) is 0 Å². The van der Waals surface area contributed by atoms with E-state index in [1.165, 1.54) is 54.5 Å². The molecule has 468 valence electrons. The molecule has 0 aliphatic carbocycles. The van der Waals surface area contributed by atoms with Crippen molar-refractivity contribution >= 4 is 52.8 Å². The fourth-order valence-electron chi connectivity index (χ4n) is 11.0. The minimum Gasteiger partial charge on any atom is -0.499 e. The number of nitrogens with one attached hydrogen (secondary N) is 8. The molecular formula is C72H94N10O6. The number of aryl methyl sites for hydroxylation is 3. The van der Waals surface area contributed by atoms with Gasteiger partial charge in [0.15, 0.2) is 0 Å². The molecule has 16 heteroatoms. The zero-order valence-corrected chi connectivity index (χ0v) is 53.9. The Morgan fingerprint density at radius 2 is 1.08 bits per heavy atom. The van der Waals surface area contributed by atoms with Gasteiger partial charge in [0.2, 0.25) is 5.78 Å². The summed E-state index contributed by atoms with van der Waals surface area (Å²) in [7, 11) is 3.31. The molecule has 6 aromatic heterocycles. The van der Waals surface area contributed by atoms with Crippen molar-refractivity contribution in [3.05, 3.63) is 199 Å². The van der Waals surface area contributed by atoms with Crippen LogP contribution < -0.4 is 10.6 Å². The number of rotatable bonds is 30. The number of Topliss-reactive ketones (excluding diaryl/α,β-unsaturated/α-hetero) is 1. The number of aliphatic imine (C=N–C) groups is 2. The van der Waals surface area contributed by atoms with Crippen molar-refractivity contribution in [3.63, 3.8) is 0 Å². The lowest BCUT2D eigenvalue weighted by Crippen LogP contribution is -2.25. The van der Waals surface area contributed by atoms with Crippen LogP contribution in [0.3, 0.4) is 0 Å². The normalized spacial score (nSPS) is 14.9. The summed E-state index contributed by atoms with van der Waals surface area (Å²) in [4.78, 5) is 66.1. The van der Waals surface area contributed by atoms with Gasteiger partial charge >= 0.3 is 0 Å². The van der Waals surface area contributed by atoms with Gasteiger partial charge in [0.1, 0.15) is 28.7 Å². The molecule has 0 unspecified atom stereocenters.